The van der Waals surface area contributed by atoms with Crippen LogP contribution >= 0.6 is 0 Å². The maximum absolute atomic E-state index is 14.2. The summed E-state index contributed by atoms with van der Waals surface area (Å²) in [5.74, 6) is -3.13. The van der Waals surface area contributed by atoms with Gasteiger partial charge in [-0.25, -0.2) is 4.39 Å². The highest BCUT2D eigenvalue weighted by molar-refractivity contribution is 5.94. The summed E-state index contributed by atoms with van der Waals surface area (Å²) in [5, 5.41) is 2.31. The van der Waals surface area contributed by atoms with Gasteiger partial charge in [-0.1, -0.05) is 6.07 Å². The van der Waals surface area contributed by atoms with Crippen LogP contribution < -0.4 is 5.32 Å². The lowest BCUT2D eigenvalue weighted by atomic mass is 9.77. The van der Waals surface area contributed by atoms with E-state index < -0.39 is 35.1 Å². The molecule has 1 amide bonds. The van der Waals surface area contributed by atoms with E-state index in [4.69, 9.17) is 4.74 Å². The average Bonchev–Trinajstić information content (AvgIpc) is 3.24. The molecule has 0 radical (unpaired) electrons. The molecule has 2 aromatic rings. The Kier molecular flexibility index (Phi) is 4.33. The summed E-state index contributed by atoms with van der Waals surface area (Å²) in [6, 6.07) is 2.79. The monoisotopic (exact) mass is 381 g/mol. The molecular formula is C18H15F4N3O2. The lowest BCUT2D eigenvalue weighted by molar-refractivity contribution is -0.140. The first-order valence-electron chi connectivity index (χ1n) is 8.44. The van der Waals surface area contributed by atoms with E-state index in [1.54, 1.807) is 6.20 Å². The van der Waals surface area contributed by atoms with Crippen LogP contribution in [-0.2, 0) is 15.7 Å². The molecule has 0 unspecified atom stereocenters. The second-order valence-electron chi connectivity index (χ2n) is 6.63. The van der Waals surface area contributed by atoms with Crippen molar-refractivity contribution in [2.45, 2.75) is 37.1 Å². The van der Waals surface area contributed by atoms with E-state index in [9.17, 15) is 22.4 Å². The molecule has 2 bridgehead atoms. The fourth-order valence-corrected chi connectivity index (χ4v) is 3.93. The van der Waals surface area contributed by atoms with Crippen LogP contribution in [0.5, 0.6) is 0 Å². The van der Waals surface area contributed by atoms with E-state index >= 15 is 0 Å². The van der Waals surface area contributed by atoms with Gasteiger partial charge in [0.1, 0.15) is 0 Å². The number of nitrogens with zero attached hydrogens (tertiary/aromatic N) is 2. The number of hydrogen-bond donors (Lipinski definition) is 1. The number of alkyl halides is 3. The minimum atomic E-state index is -4.84. The third kappa shape index (κ3) is 3.16. The van der Waals surface area contributed by atoms with Crippen LogP contribution in [0.3, 0.4) is 0 Å². The van der Waals surface area contributed by atoms with E-state index in [1.807, 2.05) is 0 Å². The van der Waals surface area contributed by atoms with Gasteiger partial charge in [-0.2, -0.15) is 13.2 Å². The summed E-state index contributed by atoms with van der Waals surface area (Å²) in [6.45, 7) is 0. The van der Waals surface area contributed by atoms with Gasteiger partial charge in [0.25, 0.3) is 0 Å². The summed E-state index contributed by atoms with van der Waals surface area (Å²) in [6.07, 6.45) is 0.526. The molecule has 2 saturated heterocycles. The molecule has 3 heterocycles. The van der Waals surface area contributed by atoms with Gasteiger partial charge in [-0.05, 0) is 25.0 Å². The molecule has 1 N–H and O–H groups in total. The maximum atomic E-state index is 14.2. The van der Waals surface area contributed by atoms with Crippen molar-refractivity contribution in [2.24, 2.45) is 5.92 Å². The first-order chi connectivity index (χ1) is 12.9. The van der Waals surface area contributed by atoms with Gasteiger partial charge < -0.3 is 10.1 Å². The second kappa shape index (κ2) is 6.56. The Labute approximate surface area is 151 Å². The predicted octanol–water partition coefficient (Wildman–Crippen LogP) is 3.53. The first-order valence-corrected chi connectivity index (χ1v) is 8.44. The van der Waals surface area contributed by atoms with Crippen LogP contribution in [-0.4, -0.2) is 28.1 Å². The van der Waals surface area contributed by atoms with Crippen LogP contribution in [0.2, 0.25) is 0 Å². The summed E-state index contributed by atoms with van der Waals surface area (Å²) >= 11 is 0. The lowest BCUT2D eigenvalue weighted by Crippen LogP contribution is -2.36. The molecule has 1 aromatic heterocycles. The standard InChI is InChI=1S/C18H15F4N3O2/c19-16-9(18(20,21)22)2-1-3-10(16)25-17(26)15-13-5-4-12(27-13)14(15)11-8-23-6-7-24-11/h1-3,6-8,12-15H,4-5H2,(H,25,26)/t12-,13-,14+,15-/m0/s1. The fraction of sp³-hybridized carbons (Fsp3) is 0.389. The Morgan fingerprint density at radius 1 is 1.19 bits per heavy atom. The normalized spacial score (nSPS) is 27.0. The Bertz CT molecular complexity index is 859. The first kappa shape index (κ1) is 17.8. The zero-order chi connectivity index (χ0) is 19.2. The van der Waals surface area contributed by atoms with Gasteiger partial charge in [-0.3, -0.25) is 14.8 Å². The van der Waals surface area contributed by atoms with Crippen LogP contribution in [0.25, 0.3) is 0 Å². The number of halogens is 4. The summed E-state index contributed by atoms with van der Waals surface area (Å²) in [7, 11) is 0. The molecule has 0 spiro atoms. The molecule has 5 nitrogen and oxygen atoms in total. The highest BCUT2D eigenvalue weighted by Gasteiger charge is 2.53. The minimum Gasteiger partial charge on any atom is -0.373 e. The van der Waals surface area contributed by atoms with Gasteiger partial charge in [-0.15, -0.1) is 0 Å². The topological polar surface area (TPSA) is 64.1 Å². The molecule has 0 saturated carbocycles. The van der Waals surface area contributed by atoms with E-state index in [-0.39, 0.29) is 18.1 Å². The van der Waals surface area contributed by atoms with Crippen molar-refractivity contribution in [3.05, 3.63) is 53.9 Å². The number of nitrogens with one attached hydrogen (secondary N) is 1. The van der Waals surface area contributed by atoms with Crippen LogP contribution in [0.4, 0.5) is 23.2 Å². The molecule has 2 fully saturated rings. The number of amides is 1. The molecule has 27 heavy (non-hydrogen) atoms. The molecular weight excluding hydrogens is 366 g/mol. The third-order valence-electron chi connectivity index (χ3n) is 5.06. The Hall–Kier alpha value is -2.55. The number of benzene rings is 1. The van der Waals surface area contributed by atoms with Crippen molar-refractivity contribution in [1.29, 1.82) is 0 Å². The lowest BCUT2D eigenvalue weighted by Gasteiger charge is -2.26. The van der Waals surface area contributed by atoms with Crippen molar-refractivity contribution in [3.63, 3.8) is 0 Å². The Balaban J connectivity index is 1.61. The SMILES string of the molecule is O=C(Nc1cccc(C(F)(F)F)c1F)[C@@H]1[C@H](c2cnccn2)[C@@H]2CC[C@@H]1O2. The van der Waals surface area contributed by atoms with Crippen LogP contribution in [0.1, 0.15) is 30.0 Å². The van der Waals surface area contributed by atoms with Crippen molar-refractivity contribution < 1.29 is 27.1 Å². The smallest absolute Gasteiger partial charge is 0.373 e. The molecule has 2 aliphatic rings. The largest absolute Gasteiger partial charge is 0.419 e. The summed E-state index contributed by atoms with van der Waals surface area (Å²) < 4.78 is 58.7. The van der Waals surface area contributed by atoms with Crippen molar-refractivity contribution in [2.75, 3.05) is 5.32 Å². The number of fused-ring (bicyclic) bond motifs is 2. The highest BCUT2D eigenvalue weighted by atomic mass is 19.4. The number of rotatable bonds is 3. The van der Waals surface area contributed by atoms with Crippen molar-refractivity contribution >= 4 is 11.6 Å². The van der Waals surface area contributed by atoms with Gasteiger partial charge in [0.15, 0.2) is 5.82 Å². The molecule has 142 valence electrons. The third-order valence-corrected chi connectivity index (χ3v) is 5.06. The zero-order valence-corrected chi connectivity index (χ0v) is 13.9. The van der Waals surface area contributed by atoms with E-state index in [0.717, 1.165) is 18.6 Å². The molecule has 0 aliphatic carbocycles. The Morgan fingerprint density at radius 2 is 1.96 bits per heavy atom. The molecule has 1 aromatic carbocycles. The molecule has 4 atom stereocenters. The number of hydrogen-bond acceptors (Lipinski definition) is 4. The maximum Gasteiger partial charge on any atom is 0.419 e. The van der Waals surface area contributed by atoms with Gasteiger partial charge in [0.05, 0.1) is 35.1 Å². The quantitative estimate of drug-likeness (QED) is 0.827. The van der Waals surface area contributed by atoms with E-state index in [2.05, 4.69) is 15.3 Å². The predicted molar refractivity (Wildman–Crippen MR) is 86.2 cm³/mol. The number of ether oxygens (including phenoxy) is 1. The van der Waals surface area contributed by atoms with E-state index in [1.165, 1.54) is 12.4 Å². The molecule has 4 rings (SSSR count). The van der Waals surface area contributed by atoms with Crippen molar-refractivity contribution in [3.8, 4) is 0 Å². The van der Waals surface area contributed by atoms with Crippen LogP contribution in [0.15, 0.2) is 36.8 Å². The minimum absolute atomic E-state index is 0.214. The van der Waals surface area contributed by atoms with Crippen molar-refractivity contribution in [1.82, 2.24) is 9.97 Å². The zero-order valence-electron chi connectivity index (χ0n) is 13.9. The molecule has 2 aliphatic heterocycles. The summed E-state index contributed by atoms with van der Waals surface area (Å²) in [5.41, 5.74) is -1.35. The number of carbonyl (C=O) groups is 1. The van der Waals surface area contributed by atoms with E-state index in [0.29, 0.717) is 18.2 Å². The Morgan fingerprint density at radius 3 is 2.67 bits per heavy atom. The fourth-order valence-electron chi connectivity index (χ4n) is 3.93. The van der Waals surface area contributed by atoms with Gasteiger partial charge in [0.2, 0.25) is 5.91 Å². The number of aromatic nitrogens is 2. The average molecular weight is 381 g/mol. The number of carbonyl (C=O) groups excluding carboxylic acids is 1. The highest BCUT2D eigenvalue weighted by Crippen LogP contribution is 2.48. The van der Waals surface area contributed by atoms with Crippen LogP contribution in [0, 0.1) is 11.7 Å². The molecule has 9 heteroatoms. The number of anilines is 1. The van der Waals surface area contributed by atoms with Gasteiger partial charge in [0, 0.05) is 24.5 Å². The second-order valence-corrected chi connectivity index (χ2v) is 6.63. The summed E-state index contributed by atoms with van der Waals surface area (Å²) in [4.78, 5) is 21.1. The van der Waals surface area contributed by atoms with Gasteiger partial charge >= 0.3 is 6.18 Å².